The summed E-state index contributed by atoms with van der Waals surface area (Å²) in [6, 6.07) is 0. The first-order chi connectivity index (χ1) is 7.33. The highest BCUT2D eigenvalue weighted by molar-refractivity contribution is 7.09. The molecule has 1 aromatic heterocycles. The molecule has 0 aliphatic rings. The molecule has 1 N–H and O–H groups in total. The zero-order chi connectivity index (χ0) is 10.9. The quantitative estimate of drug-likeness (QED) is 0.568. The fourth-order valence-electron chi connectivity index (χ4n) is 1.13. The molecule has 0 aliphatic carbocycles. The Morgan fingerprint density at radius 2 is 2.53 bits per heavy atom. The van der Waals surface area contributed by atoms with Crippen molar-refractivity contribution in [1.29, 1.82) is 0 Å². The van der Waals surface area contributed by atoms with E-state index in [1.165, 1.54) is 0 Å². The lowest BCUT2D eigenvalue weighted by Crippen LogP contribution is -2.16. The summed E-state index contributed by atoms with van der Waals surface area (Å²) in [5.41, 5.74) is 0. The first kappa shape index (κ1) is 12.1. The Morgan fingerprint density at radius 3 is 3.20 bits per heavy atom. The first-order valence-corrected chi connectivity index (χ1v) is 5.95. The molecule has 84 valence electrons. The van der Waals surface area contributed by atoms with Crippen LogP contribution in [0.5, 0.6) is 0 Å². The minimum absolute atomic E-state index is 0.117. The zero-order valence-corrected chi connectivity index (χ0v) is 9.68. The van der Waals surface area contributed by atoms with E-state index in [1.807, 2.05) is 12.3 Å². The molecule has 1 heterocycles. The topological polar surface area (TPSA) is 51.2 Å². The summed E-state index contributed by atoms with van der Waals surface area (Å²) in [7, 11) is 0. The summed E-state index contributed by atoms with van der Waals surface area (Å²) in [5, 5.41) is 6.25. The summed E-state index contributed by atoms with van der Waals surface area (Å²) < 4.78 is 4.82. The van der Waals surface area contributed by atoms with E-state index in [0.717, 1.165) is 24.5 Å². The molecule has 0 saturated heterocycles. The van der Waals surface area contributed by atoms with Crippen LogP contribution in [0.25, 0.3) is 0 Å². The van der Waals surface area contributed by atoms with E-state index in [9.17, 15) is 4.79 Å². The standard InChI is InChI=1S/C10H16N2O2S/c1-2-14-10(13)4-3-5-11-8-9-12-6-7-15-9/h6-7,11H,2-5,8H2,1H3. The van der Waals surface area contributed by atoms with Gasteiger partial charge in [-0.2, -0.15) is 0 Å². The van der Waals surface area contributed by atoms with Gasteiger partial charge in [0, 0.05) is 24.5 Å². The number of ether oxygens (including phenoxy) is 1. The van der Waals surface area contributed by atoms with Crippen LogP contribution in [-0.2, 0) is 16.1 Å². The van der Waals surface area contributed by atoms with Gasteiger partial charge in [0.05, 0.1) is 6.61 Å². The van der Waals surface area contributed by atoms with Gasteiger partial charge >= 0.3 is 5.97 Å². The lowest BCUT2D eigenvalue weighted by Gasteiger charge is -2.02. The van der Waals surface area contributed by atoms with Crippen molar-refractivity contribution < 1.29 is 9.53 Å². The Hall–Kier alpha value is -0.940. The van der Waals surface area contributed by atoms with Crippen LogP contribution >= 0.6 is 11.3 Å². The summed E-state index contributed by atoms with van der Waals surface area (Å²) in [6.07, 6.45) is 3.09. The summed E-state index contributed by atoms with van der Waals surface area (Å²) in [5.74, 6) is -0.117. The molecule has 5 heteroatoms. The second-order valence-corrected chi connectivity index (χ2v) is 3.99. The van der Waals surface area contributed by atoms with E-state index in [4.69, 9.17) is 4.74 Å². The molecule has 1 rings (SSSR count). The molecule has 4 nitrogen and oxygen atoms in total. The fourth-order valence-corrected chi connectivity index (χ4v) is 1.71. The lowest BCUT2D eigenvalue weighted by molar-refractivity contribution is -0.143. The van der Waals surface area contributed by atoms with Gasteiger partial charge in [0.2, 0.25) is 0 Å². The number of carbonyl (C=O) groups excluding carboxylic acids is 1. The van der Waals surface area contributed by atoms with Gasteiger partial charge in [-0.1, -0.05) is 0 Å². The van der Waals surface area contributed by atoms with E-state index in [2.05, 4.69) is 10.3 Å². The average molecular weight is 228 g/mol. The number of hydrogen-bond donors (Lipinski definition) is 1. The van der Waals surface area contributed by atoms with Crippen LogP contribution in [0.1, 0.15) is 24.8 Å². The highest BCUT2D eigenvalue weighted by atomic mass is 32.1. The Bertz CT molecular complexity index is 275. The molecule has 0 bridgehead atoms. The molecule has 0 radical (unpaired) electrons. The highest BCUT2D eigenvalue weighted by Gasteiger charge is 2.00. The number of rotatable bonds is 7. The maximum Gasteiger partial charge on any atom is 0.305 e. The minimum atomic E-state index is -0.117. The summed E-state index contributed by atoms with van der Waals surface area (Å²) in [6.45, 7) is 3.88. The van der Waals surface area contributed by atoms with Crippen LogP contribution in [0.2, 0.25) is 0 Å². The maximum atomic E-state index is 11.0. The van der Waals surface area contributed by atoms with Gasteiger partial charge in [-0.05, 0) is 19.9 Å². The van der Waals surface area contributed by atoms with E-state index in [0.29, 0.717) is 13.0 Å². The fraction of sp³-hybridized carbons (Fsp3) is 0.600. The SMILES string of the molecule is CCOC(=O)CCCNCc1nccs1. The lowest BCUT2D eigenvalue weighted by atomic mass is 10.3. The van der Waals surface area contributed by atoms with Crippen molar-refractivity contribution >= 4 is 17.3 Å². The van der Waals surface area contributed by atoms with E-state index < -0.39 is 0 Å². The Balaban J connectivity index is 1.95. The van der Waals surface area contributed by atoms with Crippen LogP contribution in [0, 0.1) is 0 Å². The molecule has 0 aliphatic heterocycles. The number of esters is 1. The van der Waals surface area contributed by atoms with Gasteiger partial charge < -0.3 is 10.1 Å². The van der Waals surface area contributed by atoms with Gasteiger partial charge in [-0.15, -0.1) is 11.3 Å². The first-order valence-electron chi connectivity index (χ1n) is 5.07. The Labute approximate surface area is 93.7 Å². The Kier molecular flexibility index (Phi) is 5.96. The predicted octanol–water partition coefficient (Wildman–Crippen LogP) is 1.58. The number of aromatic nitrogens is 1. The number of carbonyl (C=O) groups is 1. The Morgan fingerprint density at radius 1 is 1.67 bits per heavy atom. The van der Waals surface area contributed by atoms with Crippen LogP contribution in [0.4, 0.5) is 0 Å². The molecule has 0 saturated carbocycles. The third kappa shape index (κ3) is 5.49. The smallest absolute Gasteiger partial charge is 0.305 e. The maximum absolute atomic E-state index is 11.0. The number of thiazole rings is 1. The molecule has 0 amide bonds. The third-order valence-electron chi connectivity index (χ3n) is 1.80. The predicted molar refractivity (Wildman–Crippen MR) is 59.7 cm³/mol. The number of nitrogens with one attached hydrogen (secondary N) is 1. The average Bonchev–Trinajstić information content (AvgIpc) is 2.70. The van der Waals surface area contributed by atoms with Crippen molar-refractivity contribution in [1.82, 2.24) is 10.3 Å². The zero-order valence-electron chi connectivity index (χ0n) is 8.86. The van der Waals surface area contributed by atoms with Gasteiger partial charge in [0.25, 0.3) is 0 Å². The van der Waals surface area contributed by atoms with Gasteiger partial charge in [-0.25, -0.2) is 4.98 Å². The van der Waals surface area contributed by atoms with Gasteiger partial charge in [0.15, 0.2) is 0 Å². The summed E-state index contributed by atoms with van der Waals surface area (Å²) >= 11 is 1.63. The number of nitrogens with zero attached hydrogens (tertiary/aromatic N) is 1. The van der Waals surface area contributed by atoms with Crippen molar-refractivity contribution in [3.8, 4) is 0 Å². The highest BCUT2D eigenvalue weighted by Crippen LogP contribution is 2.02. The van der Waals surface area contributed by atoms with Crippen LogP contribution in [0.15, 0.2) is 11.6 Å². The van der Waals surface area contributed by atoms with Crippen molar-refractivity contribution in [2.24, 2.45) is 0 Å². The van der Waals surface area contributed by atoms with Gasteiger partial charge in [-0.3, -0.25) is 4.79 Å². The molecular formula is C10H16N2O2S. The molecule has 15 heavy (non-hydrogen) atoms. The van der Waals surface area contributed by atoms with Crippen LogP contribution in [-0.4, -0.2) is 24.1 Å². The number of hydrogen-bond acceptors (Lipinski definition) is 5. The van der Waals surface area contributed by atoms with E-state index in [-0.39, 0.29) is 5.97 Å². The molecule has 0 unspecified atom stereocenters. The van der Waals surface area contributed by atoms with Crippen molar-refractivity contribution in [3.05, 3.63) is 16.6 Å². The molecule has 1 aromatic rings. The molecule has 0 atom stereocenters. The van der Waals surface area contributed by atoms with Gasteiger partial charge in [0.1, 0.15) is 5.01 Å². The molecule has 0 aromatic carbocycles. The molecular weight excluding hydrogens is 212 g/mol. The largest absolute Gasteiger partial charge is 0.466 e. The third-order valence-corrected chi connectivity index (χ3v) is 2.58. The molecule has 0 fully saturated rings. The van der Waals surface area contributed by atoms with Crippen LogP contribution < -0.4 is 5.32 Å². The second kappa shape index (κ2) is 7.36. The minimum Gasteiger partial charge on any atom is -0.466 e. The molecule has 0 spiro atoms. The van der Waals surface area contributed by atoms with Crippen molar-refractivity contribution in [2.45, 2.75) is 26.3 Å². The second-order valence-electron chi connectivity index (χ2n) is 3.01. The van der Waals surface area contributed by atoms with E-state index in [1.54, 1.807) is 17.5 Å². The van der Waals surface area contributed by atoms with Crippen molar-refractivity contribution in [2.75, 3.05) is 13.2 Å². The van der Waals surface area contributed by atoms with Crippen molar-refractivity contribution in [3.63, 3.8) is 0 Å². The van der Waals surface area contributed by atoms with Crippen LogP contribution in [0.3, 0.4) is 0 Å². The normalized spacial score (nSPS) is 10.2. The monoisotopic (exact) mass is 228 g/mol. The van der Waals surface area contributed by atoms with E-state index >= 15 is 0 Å². The summed E-state index contributed by atoms with van der Waals surface area (Å²) in [4.78, 5) is 15.1.